The van der Waals surface area contributed by atoms with Crippen molar-refractivity contribution in [3.63, 3.8) is 0 Å². The number of sulfonamides is 1. The summed E-state index contributed by atoms with van der Waals surface area (Å²) in [4.78, 5) is 2.41. The predicted octanol–water partition coefficient (Wildman–Crippen LogP) is 2.88. The molecule has 0 radical (unpaired) electrons. The number of nitrogens with one attached hydrogen (secondary N) is 1. The van der Waals surface area contributed by atoms with Crippen LogP contribution in [-0.2, 0) is 14.8 Å². The molecular weight excluding hydrogens is 367 g/mol. The molecule has 0 spiro atoms. The lowest BCUT2D eigenvalue weighted by atomic mass is 10.1. The average Bonchev–Trinajstić information content (AvgIpc) is 2.66. The van der Waals surface area contributed by atoms with E-state index >= 15 is 0 Å². The van der Waals surface area contributed by atoms with Crippen molar-refractivity contribution in [2.75, 3.05) is 32.8 Å². The van der Waals surface area contributed by atoms with Gasteiger partial charge in [-0.25, -0.2) is 17.5 Å². The van der Waals surface area contributed by atoms with E-state index in [0.717, 1.165) is 25.2 Å². The molecule has 0 aromatic heterocycles. The maximum absolute atomic E-state index is 13.2. The predicted molar refractivity (Wildman–Crippen MR) is 103 cm³/mol. The monoisotopic (exact) mass is 392 g/mol. The van der Waals surface area contributed by atoms with Crippen molar-refractivity contribution < 1.29 is 17.5 Å². The van der Waals surface area contributed by atoms with E-state index < -0.39 is 15.8 Å². The normalized spacial score (nSPS) is 18.5. The molecule has 0 amide bonds. The van der Waals surface area contributed by atoms with Gasteiger partial charge in [0.25, 0.3) is 0 Å². The smallest absolute Gasteiger partial charge is 0.240 e. The Balaban J connectivity index is 1.48. The van der Waals surface area contributed by atoms with Crippen LogP contribution in [0.4, 0.5) is 4.39 Å². The zero-order valence-electron chi connectivity index (χ0n) is 15.4. The van der Waals surface area contributed by atoms with Crippen molar-refractivity contribution in [3.05, 3.63) is 65.5 Å². The van der Waals surface area contributed by atoms with Crippen LogP contribution in [0.3, 0.4) is 0 Å². The number of morpholine rings is 1. The van der Waals surface area contributed by atoms with Crippen LogP contribution in [0.15, 0.2) is 53.4 Å². The second kappa shape index (κ2) is 8.93. The Morgan fingerprint density at radius 2 is 2.00 bits per heavy atom. The molecule has 27 heavy (non-hydrogen) atoms. The second-order valence-corrected chi connectivity index (χ2v) is 8.47. The van der Waals surface area contributed by atoms with Gasteiger partial charge >= 0.3 is 0 Å². The van der Waals surface area contributed by atoms with E-state index in [-0.39, 0.29) is 11.0 Å². The molecule has 1 unspecified atom stereocenters. The van der Waals surface area contributed by atoms with E-state index in [1.165, 1.54) is 18.2 Å². The van der Waals surface area contributed by atoms with Crippen LogP contribution < -0.4 is 4.72 Å². The van der Waals surface area contributed by atoms with Crippen LogP contribution in [0.5, 0.6) is 0 Å². The molecule has 7 heteroatoms. The molecule has 1 aliphatic rings. The number of halogens is 1. The Morgan fingerprint density at radius 3 is 2.74 bits per heavy atom. The Kier molecular flexibility index (Phi) is 6.59. The Hall–Kier alpha value is -1.80. The number of nitrogens with zero attached hydrogens (tertiary/aromatic N) is 1. The standard InChI is InChI=1S/C20H25FN2O3S/c1-16-14-18(21)8-9-20(16)27(24,25)22-10-5-11-23-12-13-26-19(15-23)17-6-3-2-4-7-17/h2-4,6-9,14,19,22H,5,10-13,15H2,1H3. The van der Waals surface area contributed by atoms with E-state index in [0.29, 0.717) is 25.1 Å². The SMILES string of the molecule is Cc1cc(F)ccc1S(=O)(=O)NCCCN1CCOC(c2ccccc2)C1. The van der Waals surface area contributed by atoms with Gasteiger partial charge in [0.1, 0.15) is 5.82 Å². The molecule has 0 saturated carbocycles. The zero-order chi connectivity index (χ0) is 19.3. The van der Waals surface area contributed by atoms with Gasteiger partial charge in [0.05, 0.1) is 17.6 Å². The number of aryl methyl sites for hydroxylation is 1. The minimum absolute atomic E-state index is 0.0542. The molecule has 3 rings (SSSR count). The van der Waals surface area contributed by atoms with Gasteiger partial charge in [0, 0.05) is 19.6 Å². The maximum Gasteiger partial charge on any atom is 0.240 e. The number of ether oxygens (including phenoxy) is 1. The first kappa shape index (κ1) is 19.9. The Morgan fingerprint density at radius 1 is 1.22 bits per heavy atom. The van der Waals surface area contributed by atoms with E-state index in [4.69, 9.17) is 4.74 Å². The minimum Gasteiger partial charge on any atom is -0.371 e. The van der Waals surface area contributed by atoms with E-state index in [1.54, 1.807) is 6.92 Å². The first-order valence-electron chi connectivity index (χ1n) is 9.10. The van der Waals surface area contributed by atoms with Gasteiger partial charge in [0.2, 0.25) is 10.0 Å². The Bertz CT molecular complexity index is 859. The third-order valence-corrected chi connectivity index (χ3v) is 6.31. The van der Waals surface area contributed by atoms with Gasteiger partial charge in [-0.3, -0.25) is 4.90 Å². The lowest BCUT2D eigenvalue weighted by Crippen LogP contribution is -2.39. The van der Waals surface area contributed by atoms with Gasteiger partial charge in [-0.1, -0.05) is 30.3 Å². The summed E-state index contributed by atoms with van der Waals surface area (Å²) in [5, 5.41) is 0. The molecule has 2 aromatic carbocycles. The summed E-state index contributed by atoms with van der Waals surface area (Å²) >= 11 is 0. The van der Waals surface area contributed by atoms with Crippen LogP contribution in [0.1, 0.15) is 23.7 Å². The zero-order valence-corrected chi connectivity index (χ0v) is 16.2. The molecule has 1 atom stereocenters. The molecular formula is C20H25FN2O3S. The largest absolute Gasteiger partial charge is 0.371 e. The molecule has 1 aliphatic heterocycles. The average molecular weight is 392 g/mol. The van der Waals surface area contributed by atoms with Gasteiger partial charge < -0.3 is 4.74 Å². The molecule has 1 N–H and O–H groups in total. The minimum atomic E-state index is -3.62. The summed E-state index contributed by atoms with van der Waals surface area (Å²) in [5.74, 6) is -0.438. The lowest BCUT2D eigenvalue weighted by molar-refractivity contribution is -0.0300. The fourth-order valence-electron chi connectivity index (χ4n) is 3.28. The highest BCUT2D eigenvalue weighted by Gasteiger charge is 2.22. The van der Waals surface area contributed by atoms with Crippen LogP contribution in [-0.4, -0.2) is 46.1 Å². The maximum atomic E-state index is 13.2. The van der Waals surface area contributed by atoms with Gasteiger partial charge in [-0.15, -0.1) is 0 Å². The van der Waals surface area contributed by atoms with Gasteiger partial charge in [-0.05, 0) is 49.2 Å². The van der Waals surface area contributed by atoms with Crippen LogP contribution in [0.2, 0.25) is 0 Å². The van der Waals surface area contributed by atoms with Gasteiger partial charge in [0.15, 0.2) is 0 Å². The first-order valence-corrected chi connectivity index (χ1v) is 10.6. The molecule has 1 heterocycles. The third kappa shape index (κ3) is 5.35. The fourth-order valence-corrected chi connectivity index (χ4v) is 4.57. The molecule has 1 saturated heterocycles. The Labute approximate surface area is 160 Å². The number of benzene rings is 2. The van der Waals surface area contributed by atoms with Crippen molar-refractivity contribution >= 4 is 10.0 Å². The molecule has 1 fully saturated rings. The first-order chi connectivity index (χ1) is 13.0. The highest BCUT2D eigenvalue weighted by Crippen LogP contribution is 2.22. The van der Waals surface area contributed by atoms with Crippen molar-refractivity contribution in [2.45, 2.75) is 24.3 Å². The van der Waals surface area contributed by atoms with Crippen molar-refractivity contribution in [1.29, 1.82) is 0 Å². The van der Waals surface area contributed by atoms with Crippen LogP contribution in [0, 0.1) is 12.7 Å². The van der Waals surface area contributed by atoms with E-state index in [1.807, 2.05) is 18.2 Å². The highest BCUT2D eigenvalue weighted by molar-refractivity contribution is 7.89. The molecule has 2 aromatic rings. The second-order valence-electron chi connectivity index (χ2n) is 6.73. The number of rotatable bonds is 7. The molecule has 0 bridgehead atoms. The molecule has 5 nitrogen and oxygen atoms in total. The number of hydrogen-bond donors (Lipinski definition) is 1. The van der Waals surface area contributed by atoms with Crippen molar-refractivity contribution in [3.8, 4) is 0 Å². The quantitative estimate of drug-likeness (QED) is 0.736. The van der Waals surface area contributed by atoms with E-state index in [2.05, 4.69) is 21.8 Å². The summed E-state index contributed by atoms with van der Waals surface area (Å²) in [5.41, 5.74) is 1.57. The van der Waals surface area contributed by atoms with Crippen LogP contribution >= 0.6 is 0 Å². The summed E-state index contributed by atoms with van der Waals surface area (Å²) in [6.45, 7) is 5.03. The summed E-state index contributed by atoms with van der Waals surface area (Å²) in [7, 11) is -3.62. The molecule has 146 valence electrons. The van der Waals surface area contributed by atoms with Crippen LogP contribution in [0.25, 0.3) is 0 Å². The van der Waals surface area contributed by atoms with Crippen molar-refractivity contribution in [2.24, 2.45) is 0 Å². The summed E-state index contributed by atoms with van der Waals surface area (Å²) < 4.78 is 46.4. The molecule has 0 aliphatic carbocycles. The van der Waals surface area contributed by atoms with Crippen molar-refractivity contribution in [1.82, 2.24) is 9.62 Å². The van der Waals surface area contributed by atoms with Gasteiger partial charge in [-0.2, -0.15) is 0 Å². The summed E-state index contributed by atoms with van der Waals surface area (Å²) in [6, 6.07) is 13.8. The summed E-state index contributed by atoms with van der Waals surface area (Å²) in [6.07, 6.45) is 0.750. The van der Waals surface area contributed by atoms with E-state index in [9.17, 15) is 12.8 Å². The fraction of sp³-hybridized carbons (Fsp3) is 0.400. The third-order valence-electron chi connectivity index (χ3n) is 4.69. The highest BCUT2D eigenvalue weighted by atomic mass is 32.2. The topological polar surface area (TPSA) is 58.6 Å². The number of hydrogen-bond acceptors (Lipinski definition) is 4. The lowest BCUT2D eigenvalue weighted by Gasteiger charge is -2.33.